The van der Waals surface area contributed by atoms with E-state index in [4.69, 9.17) is 0 Å². The van der Waals surface area contributed by atoms with E-state index in [9.17, 15) is 0 Å². The van der Waals surface area contributed by atoms with Crippen LogP contribution >= 0.6 is 0 Å². The van der Waals surface area contributed by atoms with E-state index in [-0.39, 0.29) is 0 Å². The lowest BCUT2D eigenvalue weighted by atomic mass is 9.89. The third-order valence-electron chi connectivity index (χ3n) is 2.34. The minimum atomic E-state index is 0.597. The summed E-state index contributed by atoms with van der Waals surface area (Å²) in [7, 11) is 0. The van der Waals surface area contributed by atoms with Gasteiger partial charge in [0.15, 0.2) is 0 Å². The second-order valence-corrected chi connectivity index (χ2v) is 3.13. The van der Waals surface area contributed by atoms with Crippen molar-refractivity contribution in [3.05, 3.63) is 18.6 Å². The second-order valence-electron chi connectivity index (χ2n) is 3.13. The average molecular weight is 137 g/mol. The summed E-state index contributed by atoms with van der Waals surface area (Å²) in [6.45, 7) is 6.33. The summed E-state index contributed by atoms with van der Waals surface area (Å²) in [6.07, 6.45) is 8.97. The maximum atomic E-state index is 4.11. The summed E-state index contributed by atoms with van der Waals surface area (Å²) in [4.78, 5) is 0. The maximum absolute atomic E-state index is 4.11. The fraction of sp³-hybridized carbons (Fsp3) is 0.700. The molecule has 0 aromatic carbocycles. The molecular formula is C10H17. The standard InChI is InChI=1S/C10H17/c1-3-9(2)10-7-5-4-6-8-10/h7,9H,2-6,8H2,1H3. The topological polar surface area (TPSA) is 0 Å². The Morgan fingerprint density at radius 1 is 1.60 bits per heavy atom. The molecule has 0 spiro atoms. The van der Waals surface area contributed by atoms with Gasteiger partial charge in [0.05, 0.1) is 0 Å². The van der Waals surface area contributed by atoms with Crippen LogP contribution in [0.5, 0.6) is 0 Å². The van der Waals surface area contributed by atoms with Crippen LogP contribution in [0.2, 0.25) is 0 Å². The van der Waals surface area contributed by atoms with Gasteiger partial charge in [0.1, 0.15) is 0 Å². The zero-order valence-electron chi connectivity index (χ0n) is 6.90. The lowest BCUT2D eigenvalue weighted by molar-refractivity contribution is 0.609. The quantitative estimate of drug-likeness (QED) is 0.512. The van der Waals surface area contributed by atoms with Crippen molar-refractivity contribution in [1.29, 1.82) is 0 Å². The molecule has 0 amide bonds. The van der Waals surface area contributed by atoms with Crippen LogP contribution < -0.4 is 0 Å². The van der Waals surface area contributed by atoms with Gasteiger partial charge in [-0.25, -0.2) is 0 Å². The van der Waals surface area contributed by atoms with Gasteiger partial charge in [0.25, 0.3) is 0 Å². The third kappa shape index (κ3) is 1.86. The smallest absolute Gasteiger partial charge is 0.0206 e. The van der Waals surface area contributed by atoms with Crippen LogP contribution in [0, 0.1) is 12.8 Å². The zero-order valence-corrected chi connectivity index (χ0v) is 6.90. The molecule has 1 rings (SSSR count). The average Bonchev–Trinajstić information content (AvgIpc) is 2.05. The van der Waals surface area contributed by atoms with E-state index in [0.717, 1.165) is 0 Å². The normalized spacial score (nSPS) is 22.0. The number of allylic oxidation sites excluding steroid dienone is 2. The van der Waals surface area contributed by atoms with Crippen molar-refractivity contribution in [2.75, 3.05) is 0 Å². The van der Waals surface area contributed by atoms with E-state index >= 15 is 0 Å². The van der Waals surface area contributed by atoms with Crippen LogP contribution in [0.4, 0.5) is 0 Å². The minimum absolute atomic E-state index is 0.597. The van der Waals surface area contributed by atoms with Gasteiger partial charge in [0, 0.05) is 0 Å². The zero-order chi connectivity index (χ0) is 7.40. The van der Waals surface area contributed by atoms with Gasteiger partial charge in [-0.15, -0.1) is 0 Å². The Hall–Kier alpha value is -0.260. The van der Waals surface area contributed by atoms with Crippen molar-refractivity contribution in [3.63, 3.8) is 0 Å². The molecule has 57 valence electrons. The summed E-state index contributed by atoms with van der Waals surface area (Å²) < 4.78 is 0. The Balaban J connectivity index is 2.44. The third-order valence-corrected chi connectivity index (χ3v) is 2.34. The highest BCUT2D eigenvalue weighted by atomic mass is 14.1. The van der Waals surface area contributed by atoms with E-state index < -0.39 is 0 Å². The summed E-state index contributed by atoms with van der Waals surface area (Å²) in [5, 5.41) is 0. The molecule has 0 aromatic heterocycles. The molecule has 0 saturated heterocycles. The predicted octanol–water partition coefficient (Wildman–Crippen LogP) is 3.35. The molecule has 1 aliphatic rings. The molecule has 0 aliphatic heterocycles. The fourth-order valence-corrected chi connectivity index (χ4v) is 1.50. The molecule has 0 fully saturated rings. The van der Waals surface area contributed by atoms with Gasteiger partial charge in [-0.2, -0.15) is 0 Å². The summed E-state index contributed by atoms with van der Waals surface area (Å²) in [6, 6.07) is 0. The Kier molecular flexibility index (Phi) is 2.98. The lowest BCUT2D eigenvalue weighted by Gasteiger charge is -2.17. The Morgan fingerprint density at radius 2 is 2.40 bits per heavy atom. The highest BCUT2D eigenvalue weighted by molar-refractivity contribution is 5.09. The van der Waals surface area contributed by atoms with Crippen LogP contribution in [0.15, 0.2) is 11.6 Å². The monoisotopic (exact) mass is 137 g/mol. The molecule has 0 aromatic rings. The van der Waals surface area contributed by atoms with E-state index in [1.54, 1.807) is 5.57 Å². The van der Waals surface area contributed by atoms with Crippen LogP contribution in [0.3, 0.4) is 0 Å². The van der Waals surface area contributed by atoms with Gasteiger partial charge in [-0.05, 0) is 44.9 Å². The lowest BCUT2D eigenvalue weighted by Crippen LogP contribution is -2.01. The van der Waals surface area contributed by atoms with Crippen LogP contribution in [-0.4, -0.2) is 0 Å². The molecule has 1 radical (unpaired) electrons. The van der Waals surface area contributed by atoms with E-state index in [2.05, 4.69) is 19.9 Å². The van der Waals surface area contributed by atoms with Crippen molar-refractivity contribution >= 4 is 0 Å². The van der Waals surface area contributed by atoms with Crippen LogP contribution in [-0.2, 0) is 0 Å². The van der Waals surface area contributed by atoms with Gasteiger partial charge >= 0.3 is 0 Å². The molecule has 0 heterocycles. The molecule has 0 nitrogen and oxygen atoms in total. The molecular weight excluding hydrogens is 120 g/mol. The number of hydrogen-bond acceptors (Lipinski definition) is 0. The number of rotatable bonds is 2. The van der Waals surface area contributed by atoms with Crippen molar-refractivity contribution in [1.82, 2.24) is 0 Å². The van der Waals surface area contributed by atoms with Crippen molar-refractivity contribution in [2.45, 2.75) is 39.0 Å². The molecule has 1 atom stereocenters. The van der Waals surface area contributed by atoms with E-state index in [1.165, 1.54) is 32.1 Å². The Labute approximate surface area is 64.3 Å². The predicted molar refractivity (Wildman–Crippen MR) is 45.7 cm³/mol. The summed E-state index contributed by atoms with van der Waals surface area (Å²) in [5.74, 6) is 0.597. The van der Waals surface area contributed by atoms with Gasteiger partial charge in [0.2, 0.25) is 0 Å². The van der Waals surface area contributed by atoms with Gasteiger partial charge in [-0.1, -0.05) is 18.6 Å². The van der Waals surface area contributed by atoms with Crippen molar-refractivity contribution in [2.24, 2.45) is 5.92 Å². The summed E-state index contributed by atoms with van der Waals surface area (Å²) in [5.41, 5.74) is 1.61. The maximum Gasteiger partial charge on any atom is -0.0206 e. The van der Waals surface area contributed by atoms with Crippen LogP contribution in [0.1, 0.15) is 39.0 Å². The summed E-state index contributed by atoms with van der Waals surface area (Å²) >= 11 is 0. The minimum Gasteiger partial charge on any atom is -0.0851 e. The van der Waals surface area contributed by atoms with Gasteiger partial charge < -0.3 is 0 Å². The highest BCUT2D eigenvalue weighted by Gasteiger charge is 2.08. The van der Waals surface area contributed by atoms with Crippen molar-refractivity contribution < 1.29 is 0 Å². The highest BCUT2D eigenvalue weighted by Crippen LogP contribution is 2.25. The Morgan fingerprint density at radius 3 is 2.90 bits per heavy atom. The van der Waals surface area contributed by atoms with Crippen molar-refractivity contribution in [3.8, 4) is 0 Å². The second kappa shape index (κ2) is 3.80. The van der Waals surface area contributed by atoms with E-state index in [1.807, 2.05) is 0 Å². The molecule has 0 saturated carbocycles. The molecule has 10 heavy (non-hydrogen) atoms. The SMILES string of the molecule is [CH2]C(CC)C1=CCCCC1. The first-order chi connectivity index (χ1) is 4.84. The molecule has 1 unspecified atom stereocenters. The number of hydrogen-bond donors (Lipinski definition) is 0. The fourth-order valence-electron chi connectivity index (χ4n) is 1.50. The first-order valence-electron chi connectivity index (χ1n) is 4.36. The first-order valence-corrected chi connectivity index (χ1v) is 4.36. The molecule has 0 N–H and O–H groups in total. The molecule has 0 bridgehead atoms. The first kappa shape index (κ1) is 7.84. The van der Waals surface area contributed by atoms with Gasteiger partial charge in [-0.3, -0.25) is 0 Å². The Bertz CT molecular complexity index is 122. The molecule has 1 aliphatic carbocycles. The van der Waals surface area contributed by atoms with Crippen LogP contribution in [0.25, 0.3) is 0 Å². The largest absolute Gasteiger partial charge is 0.0851 e. The van der Waals surface area contributed by atoms with E-state index in [0.29, 0.717) is 5.92 Å². The molecule has 0 heteroatoms.